The summed E-state index contributed by atoms with van der Waals surface area (Å²) >= 11 is 1.96. The maximum Gasteiger partial charge on any atom is 0.312 e. The van der Waals surface area contributed by atoms with Crippen molar-refractivity contribution in [3.05, 3.63) is 17.3 Å². The Morgan fingerprint density at radius 1 is 1.56 bits per heavy atom. The number of hydrogen-bond donors (Lipinski definition) is 1. The summed E-state index contributed by atoms with van der Waals surface area (Å²) in [5.74, 6) is 2.99. The first-order chi connectivity index (χ1) is 7.66. The van der Waals surface area contributed by atoms with Crippen LogP contribution in [0.15, 0.2) is 4.42 Å². The lowest BCUT2D eigenvalue weighted by atomic mass is 9.98. The Morgan fingerprint density at radius 3 is 2.88 bits per heavy atom. The Morgan fingerprint density at radius 2 is 2.25 bits per heavy atom. The molecule has 0 radical (unpaired) electrons. The smallest absolute Gasteiger partial charge is 0.312 e. The highest BCUT2D eigenvalue weighted by atomic mass is 32.2. The molecule has 1 aromatic heterocycles. The highest BCUT2D eigenvalue weighted by molar-refractivity contribution is 7.99. The van der Waals surface area contributed by atoms with Gasteiger partial charge in [-0.25, -0.2) is 4.98 Å². The SMILES string of the molecule is Cc1oc(CC(=O)O)nc1C1CCSCC1. The van der Waals surface area contributed by atoms with E-state index in [2.05, 4.69) is 4.98 Å². The monoisotopic (exact) mass is 241 g/mol. The van der Waals surface area contributed by atoms with Gasteiger partial charge in [0.1, 0.15) is 12.2 Å². The number of aliphatic carboxylic acids is 1. The maximum atomic E-state index is 10.6. The summed E-state index contributed by atoms with van der Waals surface area (Å²) in [4.78, 5) is 14.9. The number of carbonyl (C=O) groups is 1. The van der Waals surface area contributed by atoms with E-state index in [1.807, 2.05) is 18.7 Å². The highest BCUT2D eigenvalue weighted by Gasteiger charge is 2.22. The summed E-state index contributed by atoms with van der Waals surface area (Å²) in [5.41, 5.74) is 0.969. The van der Waals surface area contributed by atoms with Crippen molar-refractivity contribution >= 4 is 17.7 Å². The molecule has 16 heavy (non-hydrogen) atoms. The number of nitrogens with zero attached hydrogens (tertiary/aromatic N) is 1. The van der Waals surface area contributed by atoms with E-state index in [-0.39, 0.29) is 6.42 Å². The van der Waals surface area contributed by atoms with Crippen LogP contribution in [-0.2, 0) is 11.2 Å². The van der Waals surface area contributed by atoms with Gasteiger partial charge in [-0.15, -0.1) is 0 Å². The average molecular weight is 241 g/mol. The molecule has 1 aliphatic rings. The van der Waals surface area contributed by atoms with Gasteiger partial charge in [0.25, 0.3) is 0 Å². The van der Waals surface area contributed by atoms with E-state index >= 15 is 0 Å². The lowest BCUT2D eigenvalue weighted by molar-refractivity contribution is -0.136. The zero-order valence-corrected chi connectivity index (χ0v) is 10.0. The number of hydrogen-bond acceptors (Lipinski definition) is 4. The van der Waals surface area contributed by atoms with Crippen molar-refractivity contribution < 1.29 is 14.3 Å². The molecule has 1 N–H and O–H groups in total. The fourth-order valence-corrected chi connectivity index (χ4v) is 3.13. The van der Waals surface area contributed by atoms with Gasteiger partial charge in [-0.1, -0.05) is 0 Å². The largest absolute Gasteiger partial charge is 0.481 e. The molecule has 0 bridgehead atoms. The van der Waals surface area contributed by atoms with Crippen LogP contribution in [-0.4, -0.2) is 27.6 Å². The molecular weight excluding hydrogens is 226 g/mol. The molecule has 0 aliphatic carbocycles. The van der Waals surface area contributed by atoms with E-state index in [0.717, 1.165) is 35.8 Å². The van der Waals surface area contributed by atoms with Crippen LogP contribution >= 0.6 is 11.8 Å². The van der Waals surface area contributed by atoms with E-state index in [0.29, 0.717) is 11.8 Å². The normalized spacial score (nSPS) is 17.6. The summed E-state index contributed by atoms with van der Waals surface area (Å²) in [6.45, 7) is 1.87. The third-order valence-electron chi connectivity index (χ3n) is 2.79. The minimum atomic E-state index is -0.896. The zero-order valence-electron chi connectivity index (χ0n) is 9.23. The lowest BCUT2D eigenvalue weighted by Gasteiger charge is -2.19. The molecule has 4 nitrogen and oxygen atoms in total. The van der Waals surface area contributed by atoms with Gasteiger partial charge < -0.3 is 9.52 Å². The summed E-state index contributed by atoms with van der Waals surface area (Å²) in [5, 5.41) is 8.67. The molecule has 0 amide bonds. The second kappa shape index (κ2) is 4.91. The van der Waals surface area contributed by atoms with E-state index in [9.17, 15) is 4.79 Å². The predicted molar refractivity (Wildman–Crippen MR) is 61.9 cm³/mol. The molecule has 88 valence electrons. The van der Waals surface area contributed by atoms with Crippen molar-refractivity contribution in [2.24, 2.45) is 0 Å². The molecular formula is C11H15NO3S. The third kappa shape index (κ3) is 2.58. The van der Waals surface area contributed by atoms with Crippen molar-refractivity contribution in [3.8, 4) is 0 Å². The van der Waals surface area contributed by atoms with Gasteiger partial charge in [-0.2, -0.15) is 11.8 Å². The van der Waals surface area contributed by atoms with Gasteiger partial charge in [0, 0.05) is 5.92 Å². The maximum absolute atomic E-state index is 10.6. The first kappa shape index (κ1) is 11.5. The molecule has 1 fully saturated rings. The van der Waals surface area contributed by atoms with Gasteiger partial charge in [0.05, 0.1) is 5.69 Å². The predicted octanol–water partition coefficient (Wildman–Crippen LogP) is 2.22. The lowest BCUT2D eigenvalue weighted by Crippen LogP contribution is -2.09. The Labute approximate surface area is 98.4 Å². The molecule has 1 saturated heterocycles. The van der Waals surface area contributed by atoms with Crippen molar-refractivity contribution in [1.29, 1.82) is 0 Å². The van der Waals surface area contributed by atoms with Crippen LogP contribution in [0.3, 0.4) is 0 Å². The highest BCUT2D eigenvalue weighted by Crippen LogP contribution is 2.32. The summed E-state index contributed by atoms with van der Waals surface area (Å²) in [6, 6.07) is 0. The molecule has 0 aromatic carbocycles. The number of aryl methyl sites for hydroxylation is 1. The molecule has 2 heterocycles. The molecule has 1 aliphatic heterocycles. The van der Waals surface area contributed by atoms with Crippen molar-refractivity contribution in [3.63, 3.8) is 0 Å². The Balaban J connectivity index is 2.13. The summed E-state index contributed by atoms with van der Waals surface area (Å²) < 4.78 is 5.38. The fourth-order valence-electron chi connectivity index (χ4n) is 2.02. The van der Waals surface area contributed by atoms with Crippen molar-refractivity contribution in [2.45, 2.75) is 32.1 Å². The molecule has 5 heteroatoms. The molecule has 0 unspecified atom stereocenters. The van der Waals surface area contributed by atoms with E-state index in [1.54, 1.807) is 0 Å². The zero-order chi connectivity index (χ0) is 11.5. The summed E-state index contributed by atoms with van der Waals surface area (Å²) in [7, 11) is 0. The number of thioether (sulfide) groups is 1. The van der Waals surface area contributed by atoms with Crippen LogP contribution in [0.4, 0.5) is 0 Å². The van der Waals surface area contributed by atoms with E-state index < -0.39 is 5.97 Å². The van der Waals surface area contributed by atoms with Crippen LogP contribution in [0.2, 0.25) is 0 Å². The minimum absolute atomic E-state index is 0.123. The minimum Gasteiger partial charge on any atom is -0.481 e. The molecule has 1 aromatic rings. The standard InChI is InChI=1S/C11H15NO3S/c1-7-11(8-2-4-16-5-3-8)12-9(15-7)6-10(13)14/h8H,2-6H2,1H3,(H,13,14). The number of oxazole rings is 1. The quantitative estimate of drug-likeness (QED) is 0.879. The van der Waals surface area contributed by atoms with Gasteiger partial charge in [-0.05, 0) is 31.3 Å². The number of carboxylic acids is 1. The van der Waals surface area contributed by atoms with Crippen LogP contribution in [0.1, 0.15) is 36.1 Å². The Bertz CT molecular complexity index is 383. The second-order valence-electron chi connectivity index (χ2n) is 4.01. The van der Waals surface area contributed by atoms with E-state index in [4.69, 9.17) is 9.52 Å². The Kier molecular flexibility index (Phi) is 3.53. The topological polar surface area (TPSA) is 63.3 Å². The van der Waals surface area contributed by atoms with Gasteiger partial charge in [-0.3, -0.25) is 4.79 Å². The summed E-state index contributed by atoms with van der Waals surface area (Å²) in [6.07, 6.45) is 2.11. The first-order valence-electron chi connectivity index (χ1n) is 5.42. The van der Waals surface area contributed by atoms with Gasteiger partial charge >= 0.3 is 5.97 Å². The molecule has 0 spiro atoms. The van der Waals surface area contributed by atoms with Gasteiger partial charge in [0.15, 0.2) is 0 Å². The molecule has 0 saturated carbocycles. The average Bonchev–Trinajstić information content (AvgIpc) is 2.60. The fraction of sp³-hybridized carbons (Fsp3) is 0.636. The van der Waals surface area contributed by atoms with Crippen LogP contribution in [0, 0.1) is 6.92 Å². The molecule has 0 atom stereocenters. The number of aromatic nitrogens is 1. The van der Waals surface area contributed by atoms with E-state index in [1.165, 1.54) is 0 Å². The third-order valence-corrected chi connectivity index (χ3v) is 3.84. The second-order valence-corrected chi connectivity index (χ2v) is 5.23. The van der Waals surface area contributed by atoms with Gasteiger partial charge in [0.2, 0.25) is 5.89 Å². The van der Waals surface area contributed by atoms with Crippen LogP contribution < -0.4 is 0 Å². The first-order valence-corrected chi connectivity index (χ1v) is 6.58. The van der Waals surface area contributed by atoms with Crippen LogP contribution in [0.5, 0.6) is 0 Å². The number of carboxylic acid groups (broad SMARTS) is 1. The van der Waals surface area contributed by atoms with Crippen molar-refractivity contribution in [2.75, 3.05) is 11.5 Å². The molecule has 2 rings (SSSR count). The number of rotatable bonds is 3. The van der Waals surface area contributed by atoms with Crippen molar-refractivity contribution in [1.82, 2.24) is 4.98 Å². The Hall–Kier alpha value is -0.970. The van der Waals surface area contributed by atoms with Crippen LogP contribution in [0.25, 0.3) is 0 Å².